The number of carbonyl (C=O) groups is 1. The molecule has 110 valence electrons. The third kappa shape index (κ3) is 6.37. The Morgan fingerprint density at radius 3 is 2.05 bits per heavy atom. The highest BCUT2D eigenvalue weighted by Gasteiger charge is 2.02. The lowest BCUT2D eigenvalue weighted by molar-refractivity contribution is 0.101. The van der Waals surface area contributed by atoms with Gasteiger partial charge in [0.05, 0.1) is 0 Å². The van der Waals surface area contributed by atoms with E-state index in [1.165, 1.54) is 0 Å². The molecule has 20 heavy (non-hydrogen) atoms. The van der Waals surface area contributed by atoms with Crippen LogP contribution in [0, 0.1) is 0 Å². The molecule has 0 saturated heterocycles. The monoisotopic (exact) mass is 274 g/mol. The Kier molecular flexibility index (Phi) is 10.0. The van der Waals surface area contributed by atoms with Crippen molar-refractivity contribution < 1.29 is 9.53 Å². The Balaban J connectivity index is 0.000000829. The Hall–Kier alpha value is -1.83. The van der Waals surface area contributed by atoms with E-state index in [9.17, 15) is 4.79 Å². The van der Waals surface area contributed by atoms with Gasteiger partial charge in [-0.3, -0.25) is 4.79 Å². The summed E-state index contributed by atoms with van der Waals surface area (Å²) < 4.78 is 5.65. The van der Waals surface area contributed by atoms with Crippen LogP contribution in [0.15, 0.2) is 48.3 Å². The van der Waals surface area contributed by atoms with E-state index in [0.29, 0.717) is 5.56 Å². The normalized spacial score (nSPS) is 12.2. The molecule has 2 heteroatoms. The fourth-order valence-electron chi connectivity index (χ4n) is 1.56. The van der Waals surface area contributed by atoms with Crippen molar-refractivity contribution in [2.75, 3.05) is 0 Å². The first-order valence-corrected chi connectivity index (χ1v) is 7.41. The molecule has 1 aliphatic carbocycles. The molecule has 0 amide bonds. The molecule has 1 aromatic rings. The molecule has 0 aromatic heterocycles. The Bertz CT molecular complexity index is 439. The molecule has 0 spiro atoms. The molecule has 0 saturated carbocycles. The minimum Gasteiger partial charge on any atom is -0.458 e. The van der Waals surface area contributed by atoms with Gasteiger partial charge in [-0.25, -0.2) is 0 Å². The van der Waals surface area contributed by atoms with Gasteiger partial charge in [0.1, 0.15) is 11.5 Å². The Labute approximate surface area is 123 Å². The highest BCUT2D eigenvalue weighted by atomic mass is 16.5. The largest absolute Gasteiger partial charge is 0.458 e. The molecular weight excluding hydrogens is 248 g/mol. The number of rotatable bonds is 3. The van der Waals surface area contributed by atoms with Crippen molar-refractivity contribution in [1.82, 2.24) is 0 Å². The SMILES string of the molecule is CC.CC.CC(=O)c1ccc(OC2=CCCC=C2)cc1. The quantitative estimate of drug-likeness (QED) is 0.675. The van der Waals surface area contributed by atoms with Gasteiger partial charge in [0.2, 0.25) is 0 Å². The van der Waals surface area contributed by atoms with Crippen LogP contribution in [0.5, 0.6) is 5.75 Å². The molecule has 0 fully saturated rings. The molecule has 1 aromatic carbocycles. The molecule has 0 aliphatic heterocycles. The first-order valence-electron chi connectivity index (χ1n) is 7.41. The second-order valence-corrected chi connectivity index (χ2v) is 3.77. The van der Waals surface area contributed by atoms with E-state index >= 15 is 0 Å². The van der Waals surface area contributed by atoms with Crippen LogP contribution in [0.2, 0.25) is 0 Å². The maximum absolute atomic E-state index is 11.1. The molecule has 0 heterocycles. The average Bonchev–Trinajstić information content (AvgIpc) is 2.53. The zero-order chi connectivity index (χ0) is 15.4. The van der Waals surface area contributed by atoms with E-state index in [2.05, 4.69) is 12.2 Å². The van der Waals surface area contributed by atoms with Gasteiger partial charge in [0.25, 0.3) is 0 Å². The van der Waals surface area contributed by atoms with Gasteiger partial charge in [-0.2, -0.15) is 0 Å². The van der Waals surface area contributed by atoms with Crippen molar-refractivity contribution in [3.05, 3.63) is 53.8 Å². The lowest BCUT2D eigenvalue weighted by Gasteiger charge is -2.09. The maximum Gasteiger partial charge on any atom is 0.159 e. The highest BCUT2D eigenvalue weighted by Crippen LogP contribution is 2.18. The van der Waals surface area contributed by atoms with Crippen molar-refractivity contribution in [3.8, 4) is 5.75 Å². The number of hydrogen-bond donors (Lipinski definition) is 0. The summed E-state index contributed by atoms with van der Waals surface area (Å²) in [6.07, 6.45) is 8.24. The minimum absolute atomic E-state index is 0.0725. The average molecular weight is 274 g/mol. The van der Waals surface area contributed by atoms with Crippen LogP contribution in [0.1, 0.15) is 57.8 Å². The second-order valence-electron chi connectivity index (χ2n) is 3.77. The van der Waals surface area contributed by atoms with E-state index in [0.717, 1.165) is 24.4 Å². The summed E-state index contributed by atoms with van der Waals surface area (Å²) in [5, 5.41) is 0. The van der Waals surface area contributed by atoms with Gasteiger partial charge in [-0.15, -0.1) is 0 Å². The molecule has 0 bridgehead atoms. The zero-order valence-electron chi connectivity index (χ0n) is 13.3. The topological polar surface area (TPSA) is 26.3 Å². The lowest BCUT2D eigenvalue weighted by Crippen LogP contribution is -1.96. The van der Waals surface area contributed by atoms with Crippen molar-refractivity contribution in [3.63, 3.8) is 0 Å². The number of Topliss-reactive ketones (excluding diaryl/α,β-unsaturated/α-hetero) is 1. The summed E-state index contributed by atoms with van der Waals surface area (Å²) in [5.74, 6) is 1.72. The second kappa shape index (κ2) is 11.0. The molecule has 2 rings (SSSR count). The van der Waals surface area contributed by atoms with Crippen molar-refractivity contribution in [2.45, 2.75) is 47.5 Å². The van der Waals surface area contributed by atoms with Gasteiger partial charge < -0.3 is 4.74 Å². The number of benzene rings is 1. The van der Waals surface area contributed by atoms with E-state index in [1.54, 1.807) is 19.1 Å². The van der Waals surface area contributed by atoms with Crippen LogP contribution in [-0.4, -0.2) is 5.78 Å². The molecule has 0 unspecified atom stereocenters. The number of carbonyl (C=O) groups excluding carboxylic acids is 1. The standard InChI is InChI=1S/C14H14O2.2C2H6/c1-11(15)12-7-9-14(10-8-12)16-13-5-3-2-4-6-13;2*1-2/h3,5-10H,2,4H2,1H3;2*1-2H3. The summed E-state index contributed by atoms with van der Waals surface area (Å²) in [5.41, 5.74) is 0.709. The molecule has 0 radical (unpaired) electrons. The lowest BCUT2D eigenvalue weighted by atomic mass is 10.1. The Morgan fingerprint density at radius 2 is 1.60 bits per heavy atom. The zero-order valence-corrected chi connectivity index (χ0v) is 13.3. The maximum atomic E-state index is 11.1. The van der Waals surface area contributed by atoms with Crippen LogP contribution in [0.3, 0.4) is 0 Å². The highest BCUT2D eigenvalue weighted by molar-refractivity contribution is 5.94. The minimum atomic E-state index is 0.0725. The predicted molar refractivity (Wildman–Crippen MR) is 86.2 cm³/mol. The van der Waals surface area contributed by atoms with E-state index in [-0.39, 0.29) is 5.78 Å². The summed E-state index contributed by atoms with van der Waals surface area (Å²) in [6, 6.07) is 7.20. The fraction of sp³-hybridized carbons (Fsp3) is 0.389. The molecule has 1 aliphatic rings. The molecule has 0 N–H and O–H groups in total. The van der Waals surface area contributed by atoms with Gasteiger partial charge in [0.15, 0.2) is 5.78 Å². The van der Waals surface area contributed by atoms with Gasteiger partial charge >= 0.3 is 0 Å². The molecule has 0 atom stereocenters. The first kappa shape index (κ1) is 18.2. The number of ether oxygens (including phenoxy) is 1. The molecule has 2 nitrogen and oxygen atoms in total. The fourth-order valence-corrected chi connectivity index (χ4v) is 1.56. The summed E-state index contributed by atoms with van der Waals surface area (Å²) in [6.45, 7) is 9.56. The van der Waals surface area contributed by atoms with Crippen molar-refractivity contribution in [1.29, 1.82) is 0 Å². The van der Waals surface area contributed by atoms with Crippen molar-refractivity contribution in [2.24, 2.45) is 0 Å². The summed E-state index contributed by atoms with van der Waals surface area (Å²) in [4.78, 5) is 11.1. The number of ketones is 1. The van der Waals surface area contributed by atoms with Crippen LogP contribution < -0.4 is 4.74 Å². The Morgan fingerprint density at radius 1 is 1.00 bits per heavy atom. The summed E-state index contributed by atoms with van der Waals surface area (Å²) in [7, 11) is 0. The van der Waals surface area contributed by atoms with Gasteiger partial charge in [0, 0.05) is 5.56 Å². The smallest absolute Gasteiger partial charge is 0.159 e. The van der Waals surface area contributed by atoms with Crippen LogP contribution >= 0.6 is 0 Å². The predicted octanol–water partition coefficient (Wildman–Crippen LogP) is 5.55. The van der Waals surface area contributed by atoms with E-state index in [4.69, 9.17) is 4.74 Å². The van der Waals surface area contributed by atoms with Crippen LogP contribution in [0.25, 0.3) is 0 Å². The molecular formula is C18H26O2. The number of hydrogen-bond acceptors (Lipinski definition) is 2. The first-order chi connectivity index (χ1) is 9.75. The van der Waals surface area contributed by atoms with Gasteiger partial charge in [-0.1, -0.05) is 33.8 Å². The van der Waals surface area contributed by atoms with Gasteiger partial charge in [-0.05, 0) is 56.2 Å². The summed E-state index contributed by atoms with van der Waals surface area (Å²) >= 11 is 0. The third-order valence-corrected chi connectivity index (χ3v) is 2.46. The van der Waals surface area contributed by atoms with E-state index in [1.807, 2.05) is 45.9 Å². The third-order valence-electron chi connectivity index (χ3n) is 2.46. The van der Waals surface area contributed by atoms with Crippen LogP contribution in [-0.2, 0) is 0 Å². The van der Waals surface area contributed by atoms with E-state index < -0.39 is 0 Å². The van der Waals surface area contributed by atoms with Crippen molar-refractivity contribution >= 4 is 5.78 Å². The van der Waals surface area contributed by atoms with Crippen LogP contribution in [0.4, 0.5) is 0 Å². The number of allylic oxidation sites excluding steroid dienone is 3.